The Balaban J connectivity index is 1.61. The number of carbonyl (C=O) groups excluding carboxylic acids is 3. The number of amides is 3. The normalized spacial score (nSPS) is 19.6. The summed E-state index contributed by atoms with van der Waals surface area (Å²) in [5, 5.41) is 3.07. The Labute approximate surface area is 165 Å². The lowest BCUT2D eigenvalue weighted by atomic mass is 9.95. The number of nitrogens with one attached hydrogen (secondary N) is 1. The molecule has 1 saturated carbocycles. The van der Waals surface area contributed by atoms with Crippen LogP contribution in [-0.4, -0.2) is 52.7 Å². The van der Waals surface area contributed by atoms with Crippen molar-refractivity contribution >= 4 is 17.7 Å². The van der Waals surface area contributed by atoms with Crippen LogP contribution in [0.4, 0.5) is 4.39 Å². The second kappa shape index (κ2) is 9.17. The van der Waals surface area contributed by atoms with Crippen molar-refractivity contribution in [2.24, 2.45) is 0 Å². The second-order valence-electron chi connectivity index (χ2n) is 7.62. The van der Waals surface area contributed by atoms with Gasteiger partial charge in [-0.2, -0.15) is 0 Å². The van der Waals surface area contributed by atoms with Gasteiger partial charge in [0.05, 0.1) is 0 Å². The number of halogens is 1. The Morgan fingerprint density at radius 2 is 1.79 bits per heavy atom. The predicted octanol–water partition coefficient (Wildman–Crippen LogP) is 2.22. The zero-order valence-electron chi connectivity index (χ0n) is 16.3. The minimum Gasteiger partial charge on any atom is -0.352 e. The molecule has 1 heterocycles. The van der Waals surface area contributed by atoms with E-state index >= 15 is 0 Å². The Bertz CT molecular complexity index is 716. The highest BCUT2D eigenvalue weighted by atomic mass is 19.1. The van der Waals surface area contributed by atoms with E-state index in [-0.39, 0.29) is 24.3 Å². The molecule has 0 spiro atoms. The van der Waals surface area contributed by atoms with E-state index in [1.807, 2.05) is 6.92 Å². The van der Waals surface area contributed by atoms with Crippen LogP contribution in [0.5, 0.6) is 0 Å². The van der Waals surface area contributed by atoms with Gasteiger partial charge in [-0.15, -0.1) is 0 Å². The first kappa shape index (κ1) is 20.3. The van der Waals surface area contributed by atoms with Gasteiger partial charge in [-0.1, -0.05) is 38.3 Å². The molecule has 1 aromatic rings. The third kappa shape index (κ3) is 4.69. The molecule has 1 aliphatic heterocycles. The number of piperazine rings is 1. The molecule has 1 aliphatic carbocycles. The standard InChI is InChI=1S/C21H28FN3O3/c1-2-18(19(26)23-17-6-4-3-5-7-17)25-13-12-24(20(27)21(25)28)14-15-8-10-16(22)11-9-15/h8-11,17-18H,2-7,12-14H2,1H3,(H,23,26). The van der Waals surface area contributed by atoms with E-state index in [1.54, 1.807) is 12.1 Å². The molecule has 1 aromatic carbocycles. The Morgan fingerprint density at radius 3 is 2.43 bits per heavy atom. The molecule has 7 heteroatoms. The van der Waals surface area contributed by atoms with Crippen molar-refractivity contribution in [2.45, 2.75) is 64.1 Å². The molecule has 1 atom stereocenters. The number of nitrogens with zero attached hydrogens (tertiary/aromatic N) is 2. The smallest absolute Gasteiger partial charge is 0.312 e. The summed E-state index contributed by atoms with van der Waals surface area (Å²) in [5.41, 5.74) is 0.762. The Morgan fingerprint density at radius 1 is 1.11 bits per heavy atom. The van der Waals surface area contributed by atoms with Crippen LogP contribution in [0.3, 0.4) is 0 Å². The van der Waals surface area contributed by atoms with Crippen molar-refractivity contribution in [3.63, 3.8) is 0 Å². The number of benzene rings is 1. The monoisotopic (exact) mass is 389 g/mol. The zero-order valence-corrected chi connectivity index (χ0v) is 16.3. The summed E-state index contributed by atoms with van der Waals surface area (Å²) in [6, 6.07) is 5.42. The molecule has 1 saturated heterocycles. The first-order valence-electron chi connectivity index (χ1n) is 10.1. The van der Waals surface area contributed by atoms with Crippen LogP contribution in [0.1, 0.15) is 51.0 Å². The van der Waals surface area contributed by atoms with Crippen molar-refractivity contribution in [3.05, 3.63) is 35.6 Å². The highest BCUT2D eigenvalue weighted by Crippen LogP contribution is 2.19. The molecule has 1 unspecified atom stereocenters. The first-order valence-corrected chi connectivity index (χ1v) is 10.1. The van der Waals surface area contributed by atoms with E-state index in [0.717, 1.165) is 31.2 Å². The number of carbonyl (C=O) groups is 3. The first-order chi connectivity index (χ1) is 13.5. The van der Waals surface area contributed by atoms with Crippen molar-refractivity contribution in [3.8, 4) is 0 Å². The number of rotatable bonds is 6. The molecule has 2 fully saturated rings. The molecular weight excluding hydrogens is 361 g/mol. The summed E-state index contributed by atoms with van der Waals surface area (Å²) < 4.78 is 13.0. The predicted molar refractivity (Wildman–Crippen MR) is 103 cm³/mol. The van der Waals surface area contributed by atoms with Gasteiger partial charge >= 0.3 is 11.8 Å². The van der Waals surface area contributed by atoms with Crippen LogP contribution in [0.2, 0.25) is 0 Å². The van der Waals surface area contributed by atoms with Crippen LogP contribution in [0, 0.1) is 5.82 Å². The molecule has 152 valence electrons. The van der Waals surface area contributed by atoms with Crippen LogP contribution < -0.4 is 5.32 Å². The van der Waals surface area contributed by atoms with Gasteiger partial charge < -0.3 is 15.1 Å². The summed E-state index contributed by atoms with van der Waals surface area (Å²) >= 11 is 0. The molecule has 3 amide bonds. The minimum atomic E-state index is -0.640. The quantitative estimate of drug-likeness (QED) is 0.759. The van der Waals surface area contributed by atoms with Crippen molar-refractivity contribution in [1.82, 2.24) is 15.1 Å². The lowest BCUT2D eigenvalue weighted by molar-refractivity contribution is -0.160. The van der Waals surface area contributed by atoms with E-state index < -0.39 is 17.9 Å². The van der Waals surface area contributed by atoms with Crippen molar-refractivity contribution < 1.29 is 18.8 Å². The van der Waals surface area contributed by atoms with Crippen LogP contribution in [0.15, 0.2) is 24.3 Å². The van der Waals surface area contributed by atoms with Gasteiger partial charge in [-0.05, 0) is 37.0 Å². The largest absolute Gasteiger partial charge is 0.352 e. The van der Waals surface area contributed by atoms with Gasteiger partial charge in [0.1, 0.15) is 11.9 Å². The van der Waals surface area contributed by atoms with Crippen molar-refractivity contribution in [1.29, 1.82) is 0 Å². The van der Waals surface area contributed by atoms with Gasteiger partial charge in [-0.25, -0.2) is 4.39 Å². The summed E-state index contributed by atoms with van der Waals surface area (Å²) in [4.78, 5) is 40.8. The third-order valence-corrected chi connectivity index (χ3v) is 5.65. The Kier molecular flexibility index (Phi) is 6.65. The average molecular weight is 389 g/mol. The molecule has 1 N–H and O–H groups in total. The number of hydrogen-bond donors (Lipinski definition) is 1. The van der Waals surface area contributed by atoms with Crippen LogP contribution >= 0.6 is 0 Å². The molecular formula is C21H28FN3O3. The average Bonchev–Trinajstić information content (AvgIpc) is 2.70. The van der Waals surface area contributed by atoms with E-state index in [0.29, 0.717) is 19.5 Å². The lowest BCUT2D eigenvalue weighted by Crippen LogP contribution is -2.60. The van der Waals surface area contributed by atoms with Gasteiger partial charge in [0.2, 0.25) is 5.91 Å². The summed E-state index contributed by atoms with van der Waals surface area (Å²) in [5.74, 6) is -1.76. The highest BCUT2D eigenvalue weighted by Gasteiger charge is 2.38. The van der Waals surface area contributed by atoms with Crippen LogP contribution in [-0.2, 0) is 20.9 Å². The highest BCUT2D eigenvalue weighted by molar-refractivity contribution is 6.35. The summed E-state index contributed by atoms with van der Waals surface area (Å²) in [6.45, 7) is 2.79. The topological polar surface area (TPSA) is 69.7 Å². The maximum atomic E-state index is 13.0. The number of hydrogen-bond acceptors (Lipinski definition) is 3. The fraction of sp³-hybridized carbons (Fsp3) is 0.571. The zero-order chi connectivity index (χ0) is 20.1. The summed E-state index contributed by atoms with van der Waals surface area (Å²) in [6.07, 6.45) is 5.84. The fourth-order valence-corrected chi connectivity index (χ4v) is 4.04. The minimum absolute atomic E-state index is 0.164. The van der Waals surface area contributed by atoms with Crippen LogP contribution in [0.25, 0.3) is 0 Å². The van der Waals surface area contributed by atoms with E-state index in [9.17, 15) is 18.8 Å². The lowest BCUT2D eigenvalue weighted by Gasteiger charge is -2.38. The molecule has 2 aliphatic rings. The maximum absolute atomic E-state index is 13.0. The van der Waals surface area contributed by atoms with Gasteiger partial charge in [-0.3, -0.25) is 14.4 Å². The molecule has 6 nitrogen and oxygen atoms in total. The maximum Gasteiger partial charge on any atom is 0.312 e. The second-order valence-corrected chi connectivity index (χ2v) is 7.62. The van der Waals surface area contributed by atoms with Crippen molar-refractivity contribution in [2.75, 3.05) is 13.1 Å². The van der Waals surface area contributed by atoms with E-state index in [2.05, 4.69) is 5.32 Å². The SMILES string of the molecule is CCC(C(=O)NC1CCCCC1)N1CCN(Cc2ccc(F)cc2)C(=O)C1=O. The third-order valence-electron chi connectivity index (χ3n) is 5.65. The Hall–Kier alpha value is -2.44. The molecule has 0 bridgehead atoms. The fourth-order valence-electron chi connectivity index (χ4n) is 4.04. The van der Waals surface area contributed by atoms with E-state index in [1.165, 1.54) is 28.4 Å². The van der Waals surface area contributed by atoms with Gasteiger partial charge in [0, 0.05) is 25.7 Å². The summed E-state index contributed by atoms with van der Waals surface area (Å²) in [7, 11) is 0. The van der Waals surface area contributed by atoms with Gasteiger partial charge in [0.25, 0.3) is 0 Å². The molecule has 0 aromatic heterocycles. The van der Waals surface area contributed by atoms with Gasteiger partial charge in [0.15, 0.2) is 0 Å². The molecule has 28 heavy (non-hydrogen) atoms. The molecule has 0 radical (unpaired) electrons. The molecule has 3 rings (SSSR count). The van der Waals surface area contributed by atoms with E-state index in [4.69, 9.17) is 0 Å².